The van der Waals surface area contributed by atoms with Crippen LogP contribution >= 0.6 is 0 Å². The summed E-state index contributed by atoms with van der Waals surface area (Å²) in [6, 6.07) is 0. The van der Waals surface area contributed by atoms with E-state index in [1.807, 2.05) is 0 Å². The maximum Gasteiger partial charge on any atom is 0 e. The third kappa shape index (κ3) is 45.2. The van der Waals surface area contributed by atoms with Crippen LogP contribution in [0, 0.1) is 101 Å². The monoisotopic (exact) mass is 132 g/mol. The topological polar surface area (TPSA) is 0 Å². The standard InChI is InChI=1S/2C2H2.2Ar/c2*1-2;;/h2*1-2H;;. The first-order valence-electron chi connectivity index (χ1n) is 0.667. The van der Waals surface area contributed by atoms with Gasteiger partial charge >= 0.3 is 0 Å². The molecular weight excluding hydrogens is 128 g/mol. The van der Waals surface area contributed by atoms with E-state index in [0.29, 0.717) is 0 Å². The van der Waals surface area contributed by atoms with Gasteiger partial charge in [-0.25, -0.2) is 0 Å². The van der Waals surface area contributed by atoms with E-state index < -0.39 is 0 Å². The van der Waals surface area contributed by atoms with Gasteiger partial charge in [0.2, 0.25) is 0 Å². The smallest absolute Gasteiger partial charge is 0 e. The van der Waals surface area contributed by atoms with Crippen LogP contribution in [0.2, 0.25) is 0 Å². The summed E-state index contributed by atoms with van der Waals surface area (Å²) < 4.78 is 0. The molecule has 0 aromatic heterocycles. The molecule has 2 heteroatoms. The van der Waals surface area contributed by atoms with Crippen LogP contribution in [-0.2, 0) is 0 Å². The molecule has 0 saturated carbocycles. The normalized spacial score (nSPS) is 0.667. The zero-order chi connectivity index (χ0) is 4.00. The second-order valence-electron chi connectivity index (χ2n) is 0. The van der Waals surface area contributed by atoms with Crippen molar-refractivity contribution < 1.29 is 75.5 Å². The minimum absolute atomic E-state index is 0. The van der Waals surface area contributed by atoms with E-state index in [9.17, 15) is 0 Å². The second-order valence-corrected chi connectivity index (χ2v) is 0. The Labute approximate surface area is 99.1 Å². The molecule has 0 nitrogen and oxygen atoms in total. The minimum Gasteiger partial charge on any atom is -0.124 e. The molecule has 0 bridgehead atoms. The van der Waals surface area contributed by atoms with Gasteiger partial charge in [-0.1, -0.05) is 0 Å². The fourth-order valence-electron chi connectivity index (χ4n) is 0. The minimum atomic E-state index is 0. The molecule has 0 rings (SSSR count). The van der Waals surface area contributed by atoms with E-state index >= 15 is 0 Å². The molecule has 0 amide bonds. The van der Waals surface area contributed by atoms with Gasteiger partial charge in [0.25, 0.3) is 0 Å². The molecule has 0 fully saturated rings. The summed E-state index contributed by atoms with van der Waals surface area (Å²) in [5.41, 5.74) is 0. The van der Waals surface area contributed by atoms with Crippen LogP contribution in [0.4, 0.5) is 0 Å². The van der Waals surface area contributed by atoms with Crippen LogP contribution in [0.3, 0.4) is 0 Å². The van der Waals surface area contributed by atoms with Crippen molar-refractivity contribution in [3.05, 3.63) is 0 Å². The molecule has 6 heavy (non-hydrogen) atoms. The molecular formula is C4H4Ar2. The molecule has 0 aliphatic heterocycles. The molecule has 0 spiro atoms. The van der Waals surface area contributed by atoms with Gasteiger partial charge in [-0.05, 0) is 0 Å². The number of rotatable bonds is 0. The Balaban J connectivity index is -0.00000000500. The summed E-state index contributed by atoms with van der Waals surface area (Å²) in [6.45, 7) is 0. The Morgan fingerprint density at radius 2 is 0.500 bits per heavy atom. The maximum atomic E-state index is 4.00. The Hall–Kier alpha value is 1.64. The fraction of sp³-hybridized carbons (Fsp3) is 0. The van der Waals surface area contributed by atoms with Crippen molar-refractivity contribution in [2.45, 2.75) is 0 Å². The molecule has 0 aliphatic rings. The van der Waals surface area contributed by atoms with Gasteiger partial charge in [-0.2, -0.15) is 0 Å². The van der Waals surface area contributed by atoms with Gasteiger partial charge < -0.3 is 0 Å². The molecule has 0 saturated heterocycles. The van der Waals surface area contributed by atoms with E-state index in [4.69, 9.17) is 0 Å². The summed E-state index contributed by atoms with van der Waals surface area (Å²) in [7, 11) is 0. The fourth-order valence-corrected chi connectivity index (χ4v) is 0. The van der Waals surface area contributed by atoms with Gasteiger partial charge in [-0.3, -0.25) is 0 Å². The average molecular weight is 132 g/mol. The van der Waals surface area contributed by atoms with Crippen molar-refractivity contribution in [1.29, 1.82) is 0 Å². The van der Waals surface area contributed by atoms with E-state index in [0.717, 1.165) is 0 Å². The van der Waals surface area contributed by atoms with Crippen molar-refractivity contribution in [2.75, 3.05) is 0 Å². The summed E-state index contributed by atoms with van der Waals surface area (Å²) in [5.74, 6) is 0. The van der Waals surface area contributed by atoms with Gasteiger partial charge in [0, 0.05) is 75.5 Å². The van der Waals surface area contributed by atoms with Gasteiger partial charge in [0.05, 0.1) is 0 Å². The molecule has 0 aromatic carbocycles. The third-order valence-electron chi connectivity index (χ3n) is 0. The van der Waals surface area contributed by atoms with E-state index in [2.05, 4.69) is 25.7 Å². The van der Waals surface area contributed by atoms with Crippen molar-refractivity contribution in [3.8, 4) is 25.7 Å². The zero-order valence-electron chi connectivity index (χ0n) is 3.02. The SMILES string of the molecule is C#C.C#C.[Ar].[Ar]. The Bertz CT molecular complexity index is 21.0. The number of terminal acetylenes is 2. The molecule has 0 atom stereocenters. The van der Waals surface area contributed by atoms with Gasteiger partial charge in [-0.15, -0.1) is 25.7 Å². The first kappa shape index (κ1) is 25.4. The maximum absolute atomic E-state index is 4.00. The van der Waals surface area contributed by atoms with Crippen LogP contribution in [0.15, 0.2) is 0 Å². The van der Waals surface area contributed by atoms with Crippen LogP contribution < -0.4 is 0 Å². The molecule has 0 radical (unpaired) electrons. The summed E-state index contributed by atoms with van der Waals surface area (Å²) in [6.07, 6.45) is 16.0. The van der Waals surface area contributed by atoms with E-state index in [-0.39, 0.29) is 75.5 Å². The van der Waals surface area contributed by atoms with Gasteiger partial charge in [0.1, 0.15) is 0 Å². The quantitative estimate of drug-likeness (QED) is 0.421. The van der Waals surface area contributed by atoms with Crippen molar-refractivity contribution in [3.63, 3.8) is 0 Å². The van der Waals surface area contributed by atoms with E-state index in [1.165, 1.54) is 0 Å². The molecule has 0 aliphatic carbocycles. The van der Waals surface area contributed by atoms with E-state index in [1.54, 1.807) is 0 Å². The largest absolute Gasteiger partial charge is 0.124 e. The molecule has 0 heterocycles. The summed E-state index contributed by atoms with van der Waals surface area (Å²) in [5, 5.41) is 0. The Morgan fingerprint density at radius 1 is 0.500 bits per heavy atom. The first-order chi connectivity index (χ1) is 2.00. The van der Waals surface area contributed by atoms with Crippen molar-refractivity contribution in [1.82, 2.24) is 0 Å². The van der Waals surface area contributed by atoms with Crippen LogP contribution in [0.5, 0.6) is 0 Å². The Morgan fingerprint density at radius 3 is 0.500 bits per heavy atom. The zero-order valence-corrected chi connectivity index (χ0v) is 4.43. The first-order valence-corrected chi connectivity index (χ1v) is 0.667. The molecule has 0 unspecified atom stereocenters. The number of hydrogen-bond acceptors (Lipinski definition) is 0. The molecule has 0 aromatic rings. The summed E-state index contributed by atoms with van der Waals surface area (Å²) >= 11 is 0. The molecule has 0 N–H and O–H groups in total. The predicted molar refractivity (Wildman–Crippen MR) is 19.8 cm³/mol. The van der Waals surface area contributed by atoms with Crippen molar-refractivity contribution >= 4 is 0 Å². The second kappa shape index (κ2) is 78.6. The van der Waals surface area contributed by atoms with Gasteiger partial charge in [0.15, 0.2) is 0 Å². The van der Waals surface area contributed by atoms with Crippen LogP contribution in [0.1, 0.15) is 0 Å². The van der Waals surface area contributed by atoms with Crippen molar-refractivity contribution in [2.24, 2.45) is 0 Å². The van der Waals surface area contributed by atoms with Crippen LogP contribution in [-0.4, -0.2) is 0 Å². The third-order valence-corrected chi connectivity index (χ3v) is 0. The summed E-state index contributed by atoms with van der Waals surface area (Å²) in [4.78, 5) is 0. The Kier molecular flexibility index (Phi) is 333. The average Bonchev–Trinajstić information content (AvgIpc) is 1.50. The van der Waals surface area contributed by atoms with Crippen LogP contribution in [0.25, 0.3) is 0 Å². The molecule has 36 valence electrons. The predicted octanol–water partition coefficient (Wildman–Crippen LogP) is 0.499. The number of hydrogen-bond donors (Lipinski definition) is 0.